The zero-order valence-electron chi connectivity index (χ0n) is 19.7. The van der Waals surface area contributed by atoms with Crippen molar-refractivity contribution < 1.29 is 0 Å². The summed E-state index contributed by atoms with van der Waals surface area (Å²) >= 11 is 0. The van der Waals surface area contributed by atoms with E-state index in [0.717, 1.165) is 11.3 Å². The lowest BCUT2D eigenvalue weighted by Gasteiger charge is -2.12. The summed E-state index contributed by atoms with van der Waals surface area (Å²) in [4.78, 5) is 4.76. The highest BCUT2D eigenvalue weighted by Crippen LogP contribution is 2.37. The molecule has 0 amide bonds. The minimum Gasteiger partial charge on any atom is -0.256 e. The summed E-state index contributed by atoms with van der Waals surface area (Å²) in [7, 11) is 0. The first kappa shape index (κ1) is 20.6. The summed E-state index contributed by atoms with van der Waals surface area (Å²) in [6.07, 6.45) is 1.92. The van der Waals surface area contributed by atoms with Crippen LogP contribution in [0.4, 0.5) is 0 Å². The van der Waals surface area contributed by atoms with Gasteiger partial charge in [0.1, 0.15) is 0 Å². The summed E-state index contributed by atoms with van der Waals surface area (Å²) in [5, 5.41) is 7.70. The van der Waals surface area contributed by atoms with Crippen LogP contribution in [0.25, 0.3) is 65.8 Å². The van der Waals surface area contributed by atoms with Crippen molar-refractivity contribution in [3.8, 4) is 33.5 Å². The first-order chi connectivity index (χ1) is 17.8. The van der Waals surface area contributed by atoms with Gasteiger partial charge >= 0.3 is 0 Å². The average Bonchev–Trinajstić information content (AvgIpc) is 2.98. The zero-order valence-corrected chi connectivity index (χ0v) is 19.7. The zero-order chi connectivity index (χ0) is 23.9. The fraction of sp³-hybridized carbons (Fsp3) is 0. The minimum atomic E-state index is 0.983. The van der Waals surface area contributed by atoms with Crippen LogP contribution in [0.15, 0.2) is 140 Å². The highest BCUT2D eigenvalue weighted by Gasteiger charge is 2.11. The largest absolute Gasteiger partial charge is 0.256 e. The second-order valence-corrected chi connectivity index (χ2v) is 9.23. The molecular weight excluding hydrogens is 434 g/mol. The molecule has 0 saturated heterocycles. The van der Waals surface area contributed by atoms with Crippen LogP contribution in [0.5, 0.6) is 0 Å². The van der Waals surface area contributed by atoms with E-state index in [2.05, 4.69) is 133 Å². The Hall–Kier alpha value is -4.75. The maximum Gasteiger partial charge on any atom is 0.0708 e. The van der Waals surface area contributed by atoms with Gasteiger partial charge in [-0.05, 0) is 78.8 Å². The van der Waals surface area contributed by atoms with Crippen molar-refractivity contribution in [2.24, 2.45) is 0 Å². The Morgan fingerprint density at radius 3 is 1.53 bits per heavy atom. The second-order valence-electron chi connectivity index (χ2n) is 9.23. The Labute approximate surface area is 210 Å². The number of hydrogen-bond acceptors (Lipinski definition) is 1. The van der Waals surface area contributed by atoms with Crippen LogP contribution < -0.4 is 0 Å². The van der Waals surface area contributed by atoms with Crippen molar-refractivity contribution in [3.63, 3.8) is 0 Å². The van der Waals surface area contributed by atoms with Crippen molar-refractivity contribution in [2.75, 3.05) is 0 Å². The molecule has 0 radical (unpaired) electrons. The number of benzene rings is 6. The molecular formula is C35H23N. The molecule has 0 aliphatic heterocycles. The van der Waals surface area contributed by atoms with Gasteiger partial charge in [-0.15, -0.1) is 0 Å². The SMILES string of the molecule is c1ccc(-c2cccc(-c3ccnc(-c4ccc5c6ccccc6c6ccccc6c5c4)c3)c2)cc1. The molecule has 1 aromatic heterocycles. The summed E-state index contributed by atoms with van der Waals surface area (Å²) < 4.78 is 0. The third-order valence-electron chi connectivity index (χ3n) is 7.10. The Kier molecular flexibility index (Phi) is 4.85. The van der Waals surface area contributed by atoms with Gasteiger partial charge in [-0.2, -0.15) is 0 Å². The van der Waals surface area contributed by atoms with Gasteiger partial charge in [0.2, 0.25) is 0 Å². The van der Waals surface area contributed by atoms with Crippen LogP contribution in [0.3, 0.4) is 0 Å². The molecule has 0 N–H and O–H groups in total. The predicted octanol–water partition coefficient (Wildman–Crippen LogP) is 9.54. The van der Waals surface area contributed by atoms with Crippen LogP contribution in [-0.2, 0) is 0 Å². The summed E-state index contributed by atoms with van der Waals surface area (Å²) in [6.45, 7) is 0. The summed E-state index contributed by atoms with van der Waals surface area (Å²) in [5.74, 6) is 0. The van der Waals surface area contributed by atoms with Crippen LogP contribution in [-0.4, -0.2) is 4.98 Å². The predicted molar refractivity (Wildman–Crippen MR) is 153 cm³/mol. The standard InChI is InChI=1S/C35H23N/c1-2-9-24(10-3-1)25-11-8-12-26(21-25)27-19-20-36-35(23-27)28-17-18-33-31-15-5-4-13-29(31)30-14-6-7-16-32(30)34(33)22-28/h1-23H. The van der Waals surface area contributed by atoms with Gasteiger partial charge in [0.15, 0.2) is 0 Å². The van der Waals surface area contributed by atoms with Crippen LogP contribution >= 0.6 is 0 Å². The molecule has 6 aromatic carbocycles. The Bertz CT molecular complexity index is 1850. The molecule has 0 unspecified atom stereocenters. The van der Waals surface area contributed by atoms with Crippen molar-refractivity contribution in [3.05, 3.63) is 140 Å². The van der Waals surface area contributed by atoms with Gasteiger partial charge in [0.05, 0.1) is 5.69 Å². The van der Waals surface area contributed by atoms with E-state index in [1.165, 1.54) is 54.6 Å². The Morgan fingerprint density at radius 1 is 0.306 bits per heavy atom. The van der Waals surface area contributed by atoms with Gasteiger partial charge in [0, 0.05) is 11.8 Å². The number of aromatic nitrogens is 1. The number of pyridine rings is 1. The van der Waals surface area contributed by atoms with E-state index in [-0.39, 0.29) is 0 Å². The highest BCUT2D eigenvalue weighted by atomic mass is 14.7. The van der Waals surface area contributed by atoms with E-state index in [4.69, 9.17) is 4.98 Å². The van der Waals surface area contributed by atoms with Crippen molar-refractivity contribution in [2.45, 2.75) is 0 Å². The average molecular weight is 458 g/mol. The molecule has 0 atom stereocenters. The highest BCUT2D eigenvalue weighted by molar-refractivity contribution is 6.25. The van der Waals surface area contributed by atoms with E-state index in [1.807, 2.05) is 6.20 Å². The van der Waals surface area contributed by atoms with Crippen LogP contribution in [0.2, 0.25) is 0 Å². The monoisotopic (exact) mass is 457 g/mol. The fourth-order valence-corrected chi connectivity index (χ4v) is 5.34. The molecule has 1 heterocycles. The molecule has 0 bridgehead atoms. The molecule has 7 rings (SSSR count). The van der Waals surface area contributed by atoms with E-state index < -0.39 is 0 Å². The molecule has 0 saturated carbocycles. The normalized spacial score (nSPS) is 11.3. The van der Waals surface area contributed by atoms with Gasteiger partial charge in [0.25, 0.3) is 0 Å². The van der Waals surface area contributed by atoms with Gasteiger partial charge in [-0.1, -0.05) is 109 Å². The number of rotatable bonds is 3. The number of hydrogen-bond donors (Lipinski definition) is 0. The molecule has 0 aliphatic carbocycles. The van der Waals surface area contributed by atoms with E-state index >= 15 is 0 Å². The fourth-order valence-electron chi connectivity index (χ4n) is 5.34. The maximum atomic E-state index is 4.76. The minimum absolute atomic E-state index is 0.983. The summed E-state index contributed by atoms with van der Waals surface area (Å²) in [5.41, 5.74) is 6.91. The molecule has 0 aliphatic rings. The van der Waals surface area contributed by atoms with Crippen LogP contribution in [0.1, 0.15) is 0 Å². The van der Waals surface area contributed by atoms with E-state index in [0.29, 0.717) is 0 Å². The third kappa shape index (κ3) is 3.45. The quantitative estimate of drug-likeness (QED) is 0.241. The molecule has 168 valence electrons. The van der Waals surface area contributed by atoms with Crippen molar-refractivity contribution >= 4 is 32.3 Å². The maximum absolute atomic E-state index is 4.76. The van der Waals surface area contributed by atoms with Gasteiger partial charge in [-0.3, -0.25) is 4.98 Å². The smallest absolute Gasteiger partial charge is 0.0708 e. The van der Waals surface area contributed by atoms with E-state index in [1.54, 1.807) is 0 Å². The molecule has 1 nitrogen and oxygen atoms in total. The molecule has 1 heteroatoms. The van der Waals surface area contributed by atoms with Crippen LogP contribution in [0, 0.1) is 0 Å². The topological polar surface area (TPSA) is 12.9 Å². The lowest BCUT2D eigenvalue weighted by molar-refractivity contribution is 1.33. The van der Waals surface area contributed by atoms with Gasteiger partial charge in [-0.25, -0.2) is 0 Å². The van der Waals surface area contributed by atoms with Crippen molar-refractivity contribution in [1.82, 2.24) is 4.98 Å². The Balaban J connectivity index is 1.38. The lowest BCUT2D eigenvalue weighted by Crippen LogP contribution is -1.88. The molecule has 36 heavy (non-hydrogen) atoms. The first-order valence-electron chi connectivity index (χ1n) is 12.3. The van der Waals surface area contributed by atoms with Crippen molar-refractivity contribution in [1.29, 1.82) is 0 Å². The van der Waals surface area contributed by atoms with E-state index in [9.17, 15) is 0 Å². The summed E-state index contributed by atoms with van der Waals surface area (Å²) in [6, 6.07) is 47.7. The molecule has 7 aromatic rings. The number of fused-ring (bicyclic) bond motifs is 6. The first-order valence-corrected chi connectivity index (χ1v) is 12.3. The Morgan fingerprint density at radius 2 is 0.833 bits per heavy atom. The third-order valence-corrected chi connectivity index (χ3v) is 7.10. The second kappa shape index (κ2) is 8.48. The lowest BCUT2D eigenvalue weighted by atomic mass is 9.92. The number of nitrogens with zero attached hydrogens (tertiary/aromatic N) is 1. The van der Waals surface area contributed by atoms with Gasteiger partial charge < -0.3 is 0 Å². The molecule has 0 fully saturated rings. The molecule has 0 spiro atoms.